The van der Waals surface area contributed by atoms with E-state index in [0.717, 1.165) is 44.0 Å². The molecule has 1 aliphatic rings. The predicted molar refractivity (Wildman–Crippen MR) is 93.1 cm³/mol. The molecule has 1 aliphatic heterocycles. The van der Waals surface area contributed by atoms with Crippen LogP contribution in [0.3, 0.4) is 0 Å². The zero-order chi connectivity index (χ0) is 18.0. The third kappa shape index (κ3) is 3.91. The molecule has 0 radical (unpaired) electrons. The molecule has 0 aromatic carbocycles. The van der Waals surface area contributed by atoms with Crippen LogP contribution in [-0.4, -0.2) is 43.6 Å². The number of hydrogen-bond acceptors (Lipinski definition) is 5. The Morgan fingerprint density at radius 3 is 2.64 bits per heavy atom. The van der Waals surface area contributed by atoms with Crippen LogP contribution in [0.4, 0.5) is 0 Å². The first kappa shape index (κ1) is 17.6. The maximum Gasteiger partial charge on any atom is 0.245 e. The quantitative estimate of drug-likeness (QED) is 0.833. The van der Waals surface area contributed by atoms with Crippen LogP contribution in [0.1, 0.15) is 63.1 Å². The van der Waals surface area contributed by atoms with Gasteiger partial charge in [-0.3, -0.25) is 4.79 Å². The molecule has 0 unspecified atom stereocenters. The van der Waals surface area contributed by atoms with Gasteiger partial charge in [0.25, 0.3) is 0 Å². The van der Waals surface area contributed by atoms with Crippen LogP contribution in [0, 0.1) is 12.8 Å². The molecular weight excluding hydrogens is 318 g/mol. The van der Waals surface area contributed by atoms with Gasteiger partial charge in [-0.05, 0) is 25.7 Å². The Bertz CT molecular complexity index is 713. The highest BCUT2D eigenvalue weighted by atomic mass is 16.5. The number of aromatic nitrogens is 4. The van der Waals surface area contributed by atoms with E-state index in [1.165, 1.54) is 0 Å². The first-order valence-corrected chi connectivity index (χ1v) is 9.06. The Kier molecular flexibility index (Phi) is 5.20. The lowest BCUT2D eigenvalue weighted by molar-refractivity contribution is -0.135. The molecule has 1 saturated heterocycles. The Morgan fingerprint density at radius 2 is 2.04 bits per heavy atom. The van der Waals surface area contributed by atoms with Gasteiger partial charge in [0.1, 0.15) is 11.9 Å². The minimum Gasteiger partial charge on any atom is -0.341 e. The molecule has 0 spiro atoms. The van der Waals surface area contributed by atoms with Gasteiger partial charge in [-0.15, -0.1) is 0 Å². The number of rotatable bonds is 5. The number of hydrogen-bond donors (Lipinski definition) is 0. The summed E-state index contributed by atoms with van der Waals surface area (Å²) in [7, 11) is 0. The van der Waals surface area contributed by atoms with Crippen LogP contribution in [0.25, 0.3) is 0 Å². The van der Waals surface area contributed by atoms with Gasteiger partial charge < -0.3 is 14.0 Å². The van der Waals surface area contributed by atoms with Crippen LogP contribution in [-0.2, 0) is 11.2 Å². The number of nitrogens with zero attached hydrogens (tertiary/aromatic N) is 5. The summed E-state index contributed by atoms with van der Waals surface area (Å²) < 4.78 is 7.04. The number of imidazole rings is 1. The van der Waals surface area contributed by atoms with E-state index in [2.05, 4.69) is 29.0 Å². The average molecular weight is 345 g/mol. The summed E-state index contributed by atoms with van der Waals surface area (Å²) in [5.41, 5.74) is 0. The number of amides is 1. The minimum atomic E-state index is -0.212. The summed E-state index contributed by atoms with van der Waals surface area (Å²) in [6, 6.07) is -0.212. The topological polar surface area (TPSA) is 77.1 Å². The Balaban J connectivity index is 1.56. The number of aryl methyl sites for hydroxylation is 1. The van der Waals surface area contributed by atoms with Crippen molar-refractivity contribution in [2.45, 2.75) is 58.9 Å². The van der Waals surface area contributed by atoms with Crippen LogP contribution in [0.2, 0.25) is 0 Å². The molecule has 0 bridgehead atoms. The van der Waals surface area contributed by atoms with Gasteiger partial charge >= 0.3 is 0 Å². The molecule has 0 saturated carbocycles. The van der Waals surface area contributed by atoms with E-state index in [9.17, 15) is 4.79 Å². The molecule has 2 aromatic heterocycles. The smallest absolute Gasteiger partial charge is 0.245 e. The lowest BCUT2D eigenvalue weighted by Crippen LogP contribution is -2.42. The maximum atomic E-state index is 12.9. The first-order chi connectivity index (χ1) is 12.0. The molecule has 2 aromatic rings. The monoisotopic (exact) mass is 345 g/mol. The van der Waals surface area contributed by atoms with Crippen LogP contribution in [0.5, 0.6) is 0 Å². The second kappa shape index (κ2) is 7.37. The van der Waals surface area contributed by atoms with Crippen molar-refractivity contribution < 1.29 is 9.32 Å². The van der Waals surface area contributed by atoms with Gasteiger partial charge in [-0.25, -0.2) is 4.98 Å². The van der Waals surface area contributed by atoms with Gasteiger partial charge in [0.15, 0.2) is 5.82 Å². The summed E-state index contributed by atoms with van der Waals surface area (Å²) in [6.45, 7) is 9.54. The lowest BCUT2D eigenvalue weighted by atomic mass is 9.93. The normalized spacial score (nSPS) is 17.2. The maximum absolute atomic E-state index is 12.9. The SMILES string of the molecule is Cc1nc(CC2CCN(C(=O)[C@H](C)n3ccnc3C(C)C)CC2)no1. The lowest BCUT2D eigenvalue weighted by Gasteiger charge is -2.33. The Labute approximate surface area is 148 Å². The number of likely N-dealkylation sites (tertiary alicyclic amines) is 1. The van der Waals surface area contributed by atoms with Gasteiger partial charge in [0, 0.05) is 44.7 Å². The molecule has 1 amide bonds. The fraction of sp³-hybridized carbons (Fsp3) is 0.667. The van der Waals surface area contributed by atoms with Crippen molar-refractivity contribution in [3.8, 4) is 0 Å². The molecule has 0 N–H and O–H groups in total. The van der Waals surface area contributed by atoms with Crippen molar-refractivity contribution in [2.24, 2.45) is 5.92 Å². The summed E-state index contributed by atoms with van der Waals surface area (Å²) in [5.74, 6) is 3.33. The first-order valence-electron chi connectivity index (χ1n) is 9.06. The van der Waals surface area contributed by atoms with Crippen molar-refractivity contribution in [1.82, 2.24) is 24.6 Å². The van der Waals surface area contributed by atoms with Crippen molar-refractivity contribution in [3.63, 3.8) is 0 Å². The summed E-state index contributed by atoms with van der Waals surface area (Å²) in [4.78, 5) is 23.5. The largest absolute Gasteiger partial charge is 0.341 e. The predicted octanol–water partition coefficient (Wildman–Crippen LogP) is 2.74. The summed E-state index contributed by atoms with van der Waals surface area (Å²) in [5, 5.41) is 3.98. The van der Waals surface area contributed by atoms with Crippen molar-refractivity contribution >= 4 is 5.91 Å². The average Bonchev–Trinajstić information content (AvgIpc) is 3.23. The van der Waals surface area contributed by atoms with Gasteiger partial charge in [0.2, 0.25) is 11.8 Å². The summed E-state index contributed by atoms with van der Waals surface area (Å²) in [6.07, 6.45) is 6.47. The van der Waals surface area contributed by atoms with Crippen molar-refractivity contribution in [1.29, 1.82) is 0 Å². The third-order valence-electron chi connectivity index (χ3n) is 4.96. The zero-order valence-corrected chi connectivity index (χ0v) is 15.5. The molecule has 7 heteroatoms. The molecule has 25 heavy (non-hydrogen) atoms. The third-order valence-corrected chi connectivity index (χ3v) is 4.96. The molecule has 7 nitrogen and oxygen atoms in total. The molecule has 0 aliphatic carbocycles. The molecule has 3 heterocycles. The summed E-state index contributed by atoms with van der Waals surface area (Å²) >= 11 is 0. The fourth-order valence-corrected chi connectivity index (χ4v) is 3.52. The second-order valence-electron chi connectivity index (χ2n) is 7.23. The highest BCUT2D eigenvalue weighted by Crippen LogP contribution is 2.24. The highest BCUT2D eigenvalue weighted by molar-refractivity contribution is 5.80. The van der Waals surface area contributed by atoms with Crippen LogP contribution >= 0.6 is 0 Å². The van der Waals surface area contributed by atoms with E-state index in [4.69, 9.17) is 4.52 Å². The van der Waals surface area contributed by atoms with E-state index < -0.39 is 0 Å². The molecule has 3 rings (SSSR count). The van der Waals surface area contributed by atoms with E-state index >= 15 is 0 Å². The van der Waals surface area contributed by atoms with E-state index in [1.54, 1.807) is 13.1 Å². The van der Waals surface area contributed by atoms with Crippen molar-refractivity contribution in [2.75, 3.05) is 13.1 Å². The Morgan fingerprint density at radius 1 is 1.32 bits per heavy atom. The molecule has 136 valence electrons. The standard InChI is InChI=1S/C18H27N5O2/c1-12(2)17-19-7-10-23(17)13(3)18(24)22-8-5-15(6-9-22)11-16-20-14(4)25-21-16/h7,10,12-13,15H,5-6,8-9,11H2,1-4H3/t13-/m0/s1. The molecule has 1 fully saturated rings. The highest BCUT2D eigenvalue weighted by Gasteiger charge is 2.28. The minimum absolute atomic E-state index is 0.175. The van der Waals surface area contributed by atoms with Crippen molar-refractivity contribution in [3.05, 3.63) is 29.9 Å². The van der Waals surface area contributed by atoms with Gasteiger partial charge in [-0.1, -0.05) is 19.0 Å². The molecular formula is C18H27N5O2. The van der Waals surface area contributed by atoms with Crippen LogP contribution < -0.4 is 0 Å². The zero-order valence-electron chi connectivity index (χ0n) is 15.5. The number of carbonyl (C=O) groups is 1. The Hall–Kier alpha value is -2.18. The van der Waals surface area contributed by atoms with Crippen LogP contribution in [0.15, 0.2) is 16.9 Å². The van der Waals surface area contributed by atoms with E-state index in [1.807, 2.05) is 22.6 Å². The van der Waals surface area contributed by atoms with Gasteiger partial charge in [-0.2, -0.15) is 4.98 Å². The fourth-order valence-electron chi connectivity index (χ4n) is 3.52. The van der Waals surface area contributed by atoms with E-state index in [-0.39, 0.29) is 11.9 Å². The number of piperidine rings is 1. The molecule has 1 atom stereocenters. The van der Waals surface area contributed by atoms with Gasteiger partial charge in [0.05, 0.1) is 0 Å². The number of carbonyl (C=O) groups excluding carboxylic acids is 1. The second-order valence-corrected chi connectivity index (χ2v) is 7.23. The van der Waals surface area contributed by atoms with E-state index in [0.29, 0.717) is 17.7 Å².